The first-order chi connectivity index (χ1) is 40.0. The smallest absolute Gasteiger partial charge is 0.462 e. The molecule has 0 aromatic carbocycles. The Balaban J connectivity index is 3.94. The number of esters is 2. The first-order valence-corrected chi connectivity index (χ1v) is 38.3. The van der Waals surface area contributed by atoms with E-state index >= 15 is 0 Å². The molecule has 0 aliphatic rings. The zero-order chi connectivity index (χ0) is 59.8. The summed E-state index contributed by atoms with van der Waals surface area (Å²) < 4.78 is 34.8. The summed E-state index contributed by atoms with van der Waals surface area (Å²) in [7, 11) is 1.51. The van der Waals surface area contributed by atoms with Crippen molar-refractivity contribution in [2.24, 2.45) is 0 Å². The van der Waals surface area contributed by atoms with Gasteiger partial charge in [0.1, 0.15) is 19.8 Å². The summed E-state index contributed by atoms with van der Waals surface area (Å²) in [5, 5.41) is 0. The standard InChI is InChI=1S/C72H144NO8P/c1-6-8-10-12-14-16-18-20-22-24-26-28-30-32-34-35-36-37-38-39-41-43-45-47-49-51-53-55-57-59-61-63-65-72(75)81-70(69-80-82(76,77)79-67-66-73(3,4)5)68-78-71(74)64-62-60-58-56-54-52-50-48-46-44-42-40-33-31-29-27-25-23-21-19-17-15-13-11-9-7-2/h70H,6-69H2,1-5H3/p+1. The van der Waals surface area contributed by atoms with E-state index in [1.807, 2.05) is 21.1 Å². The predicted octanol–water partition coefficient (Wildman–Crippen LogP) is 23.7. The van der Waals surface area contributed by atoms with E-state index in [1.54, 1.807) is 0 Å². The van der Waals surface area contributed by atoms with Gasteiger partial charge in [0.2, 0.25) is 0 Å². The summed E-state index contributed by atoms with van der Waals surface area (Å²) in [5.74, 6) is -0.766. The minimum Gasteiger partial charge on any atom is -0.462 e. The lowest BCUT2D eigenvalue weighted by atomic mass is 10.0. The third-order valence-corrected chi connectivity index (χ3v) is 18.1. The Hall–Kier alpha value is -0.990. The summed E-state index contributed by atoms with van der Waals surface area (Å²) in [6.07, 6.45) is 78.0. The first kappa shape index (κ1) is 81.0. The van der Waals surface area contributed by atoms with Crippen molar-refractivity contribution in [1.29, 1.82) is 0 Å². The Morgan fingerprint density at radius 2 is 0.549 bits per heavy atom. The average Bonchev–Trinajstić information content (AvgIpc) is 3.46. The molecule has 0 aromatic heterocycles. The minimum absolute atomic E-state index is 0.0378. The third-order valence-electron chi connectivity index (χ3n) is 17.1. The summed E-state index contributed by atoms with van der Waals surface area (Å²) in [6, 6.07) is 0. The van der Waals surface area contributed by atoms with E-state index in [2.05, 4.69) is 13.8 Å². The molecule has 0 radical (unpaired) electrons. The second kappa shape index (κ2) is 64.5. The SMILES string of the molecule is CCCCCCCCCCCCCCCCCCCCCCCCCCCCCCCCCCC(=O)OC(COC(=O)CCCCCCCCCCCCCCCCCCCCCCCCCCCC)COP(=O)(O)OCC[N+](C)(C)C. The van der Waals surface area contributed by atoms with Crippen molar-refractivity contribution >= 4 is 19.8 Å². The maximum Gasteiger partial charge on any atom is 0.472 e. The van der Waals surface area contributed by atoms with E-state index in [1.165, 1.54) is 334 Å². The molecule has 0 heterocycles. The fourth-order valence-corrected chi connectivity index (χ4v) is 12.2. The van der Waals surface area contributed by atoms with Crippen LogP contribution in [-0.4, -0.2) is 74.9 Å². The molecule has 490 valence electrons. The van der Waals surface area contributed by atoms with Crippen LogP contribution in [-0.2, 0) is 32.7 Å². The number of unbranched alkanes of at least 4 members (excludes halogenated alkanes) is 56. The lowest BCUT2D eigenvalue weighted by molar-refractivity contribution is -0.870. The lowest BCUT2D eigenvalue weighted by Gasteiger charge is -2.24. The molecule has 0 bridgehead atoms. The fourth-order valence-electron chi connectivity index (χ4n) is 11.5. The molecule has 0 aliphatic carbocycles. The molecule has 10 heteroatoms. The normalized spacial score (nSPS) is 13.0. The topological polar surface area (TPSA) is 108 Å². The van der Waals surface area contributed by atoms with Crippen LogP contribution in [0.4, 0.5) is 0 Å². The molecule has 9 nitrogen and oxygen atoms in total. The summed E-state index contributed by atoms with van der Waals surface area (Å²) >= 11 is 0. The van der Waals surface area contributed by atoms with Crippen LogP contribution in [0.2, 0.25) is 0 Å². The maximum absolute atomic E-state index is 12.9. The van der Waals surface area contributed by atoms with E-state index in [0.29, 0.717) is 17.4 Å². The number of quaternary nitrogens is 1. The van der Waals surface area contributed by atoms with Crippen LogP contribution in [0.1, 0.15) is 399 Å². The molecule has 0 aliphatic heterocycles. The molecular weight excluding hydrogens is 1040 g/mol. The predicted molar refractivity (Wildman–Crippen MR) is 354 cm³/mol. The third kappa shape index (κ3) is 68.1. The highest BCUT2D eigenvalue weighted by atomic mass is 31.2. The van der Waals surface area contributed by atoms with Gasteiger partial charge in [-0.25, -0.2) is 4.57 Å². The highest BCUT2D eigenvalue weighted by Gasteiger charge is 2.27. The quantitative estimate of drug-likeness (QED) is 0.0278. The van der Waals surface area contributed by atoms with Gasteiger partial charge < -0.3 is 18.9 Å². The number of phosphoric ester groups is 1. The molecular formula is C72H145NO8P+. The van der Waals surface area contributed by atoms with Crippen LogP contribution in [0.3, 0.4) is 0 Å². The number of rotatable bonds is 70. The Morgan fingerprint density at radius 1 is 0.329 bits per heavy atom. The number of carbonyl (C=O) groups is 2. The van der Waals surface area contributed by atoms with Crippen LogP contribution < -0.4 is 0 Å². The Morgan fingerprint density at radius 3 is 0.780 bits per heavy atom. The zero-order valence-corrected chi connectivity index (χ0v) is 56.9. The van der Waals surface area contributed by atoms with Crippen molar-refractivity contribution < 1.29 is 42.1 Å². The van der Waals surface area contributed by atoms with Gasteiger partial charge in [0.05, 0.1) is 27.7 Å². The molecule has 82 heavy (non-hydrogen) atoms. The second-order valence-corrected chi connectivity index (χ2v) is 28.2. The molecule has 1 N–H and O–H groups in total. The summed E-state index contributed by atoms with van der Waals surface area (Å²) in [4.78, 5) is 35.9. The number of phosphoric acid groups is 1. The highest BCUT2D eigenvalue weighted by Crippen LogP contribution is 2.43. The van der Waals surface area contributed by atoms with E-state index in [-0.39, 0.29) is 25.6 Å². The Labute approximate surface area is 512 Å². The number of carbonyl (C=O) groups excluding carboxylic acids is 2. The number of hydrogen-bond acceptors (Lipinski definition) is 7. The van der Waals surface area contributed by atoms with Crippen LogP contribution in [0.15, 0.2) is 0 Å². The molecule has 0 saturated carbocycles. The summed E-state index contributed by atoms with van der Waals surface area (Å²) in [5.41, 5.74) is 0. The minimum atomic E-state index is -4.39. The Bertz CT molecular complexity index is 1340. The van der Waals surface area contributed by atoms with Crippen molar-refractivity contribution in [3.63, 3.8) is 0 Å². The molecule has 0 rings (SSSR count). The Kier molecular flexibility index (Phi) is 63.7. The highest BCUT2D eigenvalue weighted by molar-refractivity contribution is 7.47. The largest absolute Gasteiger partial charge is 0.472 e. The molecule has 0 spiro atoms. The molecule has 0 fully saturated rings. The number of nitrogens with zero attached hydrogens (tertiary/aromatic N) is 1. The van der Waals surface area contributed by atoms with Gasteiger partial charge in [-0.2, -0.15) is 0 Å². The van der Waals surface area contributed by atoms with Gasteiger partial charge in [-0.05, 0) is 12.8 Å². The van der Waals surface area contributed by atoms with Gasteiger partial charge in [-0.3, -0.25) is 18.6 Å². The van der Waals surface area contributed by atoms with Gasteiger partial charge in [-0.15, -0.1) is 0 Å². The van der Waals surface area contributed by atoms with E-state index in [4.69, 9.17) is 18.5 Å². The van der Waals surface area contributed by atoms with Crippen LogP contribution in [0.25, 0.3) is 0 Å². The zero-order valence-electron chi connectivity index (χ0n) is 56.0. The monoisotopic (exact) mass is 1180 g/mol. The van der Waals surface area contributed by atoms with Gasteiger partial charge in [0, 0.05) is 12.8 Å². The van der Waals surface area contributed by atoms with Crippen molar-refractivity contribution in [3.05, 3.63) is 0 Å². The lowest BCUT2D eigenvalue weighted by Crippen LogP contribution is -2.37. The number of ether oxygens (including phenoxy) is 2. The van der Waals surface area contributed by atoms with Crippen molar-refractivity contribution in [2.45, 2.75) is 405 Å². The van der Waals surface area contributed by atoms with Gasteiger partial charge >= 0.3 is 19.8 Å². The number of likely N-dealkylation sites (N-methyl/N-ethyl adjacent to an activating group) is 1. The molecule has 0 saturated heterocycles. The average molecular weight is 1180 g/mol. The van der Waals surface area contributed by atoms with Crippen molar-refractivity contribution in [3.8, 4) is 0 Å². The second-order valence-electron chi connectivity index (χ2n) is 26.7. The molecule has 0 aromatic rings. The van der Waals surface area contributed by atoms with Crippen molar-refractivity contribution in [1.82, 2.24) is 0 Å². The van der Waals surface area contributed by atoms with Crippen LogP contribution >= 0.6 is 7.82 Å². The van der Waals surface area contributed by atoms with E-state index in [9.17, 15) is 19.0 Å². The molecule has 2 atom stereocenters. The molecule has 2 unspecified atom stereocenters. The van der Waals surface area contributed by atoms with Gasteiger partial charge in [0.25, 0.3) is 0 Å². The van der Waals surface area contributed by atoms with Crippen LogP contribution in [0, 0.1) is 0 Å². The van der Waals surface area contributed by atoms with Crippen LogP contribution in [0.5, 0.6) is 0 Å². The van der Waals surface area contributed by atoms with Crippen molar-refractivity contribution in [2.75, 3.05) is 47.5 Å². The summed E-state index contributed by atoms with van der Waals surface area (Å²) in [6.45, 7) is 4.54. The van der Waals surface area contributed by atoms with E-state index in [0.717, 1.165) is 38.5 Å². The number of hydrogen-bond donors (Lipinski definition) is 1. The van der Waals surface area contributed by atoms with E-state index < -0.39 is 26.5 Å². The molecule has 0 amide bonds. The fraction of sp³-hybridized carbons (Fsp3) is 0.972. The van der Waals surface area contributed by atoms with Gasteiger partial charge in [0.15, 0.2) is 6.10 Å². The first-order valence-electron chi connectivity index (χ1n) is 36.8. The maximum atomic E-state index is 12.9. The van der Waals surface area contributed by atoms with Gasteiger partial charge in [-0.1, -0.05) is 373 Å².